The van der Waals surface area contributed by atoms with Gasteiger partial charge in [-0.05, 0) is 30.2 Å². The van der Waals surface area contributed by atoms with Crippen molar-refractivity contribution in [2.24, 2.45) is 7.05 Å². The van der Waals surface area contributed by atoms with Crippen LogP contribution in [0.2, 0.25) is 0 Å². The van der Waals surface area contributed by atoms with Gasteiger partial charge in [0.15, 0.2) is 0 Å². The third-order valence-electron chi connectivity index (χ3n) is 3.17. The molecule has 0 saturated carbocycles. The Hall–Kier alpha value is -2.64. The van der Waals surface area contributed by atoms with Crippen LogP contribution < -0.4 is 10.9 Å². The first kappa shape index (κ1) is 16.7. The van der Waals surface area contributed by atoms with Gasteiger partial charge in [-0.1, -0.05) is 12.1 Å². The van der Waals surface area contributed by atoms with Crippen molar-refractivity contribution < 1.29 is 18.0 Å². The molecule has 1 amide bonds. The Kier molecular flexibility index (Phi) is 4.83. The predicted molar refractivity (Wildman–Crippen MR) is 77.0 cm³/mol. The Morgan fingerprint density at radius 3 is 2.39 bits per heavy atom. The van der Waals surface area contributed by atoms with E-state index in [9.17, 15) is 22.8 Å². The number of aryl methyl sites for hydroxylation is 1. The summed E-state index contributed by atoms with van der Waals surface area (Å²) in [6.07, 6.45) is -3.97. The second-order valence-corrected chi connectivity index (χ2v) is 4.88. The zero-order valence-electron chi connectivity index (χ0n) is 12.2. The van der Waals surface area contributed by atoms with Crippen LogP contribution in [0.5, 0.6) is 0 Å². The molecule has 0 aliphatic carbocycles. The van der Waals surface area contributed by atoms with Crippen LogP contribution in [0.25, 0.3) is 0 Å². The molecule has 0 aliphatic heterocycles. The molecule has 0 spiro atoms. The molecule has 0 unspecified atom stereocenters. The van der Waals surface area contributed by atoms with Crippen molar-refractivity contribution >= 4 is 5.91 Å². The number of hydrogen-bond donors (Lipinski definition) is 1. The molecule has 23 heavy (non-hydrogen) atoms. The molecular formula is C15H14F3N3O2. The fraction of sp³-hybridized carbons (Fsp3) is 0.267. The first-order valence-electron chi connectivity index (χ1n) is 6.76. The van der Waals surface area contributed by atoms with Crippen molar-refractivity contribution in [2.75, 3.05) is 6.54 Å². The highest BCUT2D eigenvalue weighted by atomic mass is 19.4. The van der Waals surface area contributed by atoms with Gasteiger partial charge < -0.3 is 5.32 Å². The molecule has 0 saturated heterocycles. The Labute approximate surface area is 129 Å². The Morgan fingerprint density at radius 1 is 1.17 bits per heavy atom. The monoisotopic (exact) mass is 325 g/mol. The highest BCUT2D eigenvalue weighted by molar-refractivity contribution is 5.91. The van der Waals surface area contributed by atoms with Gasteiger partial charge in [-0.2, -0.15) is 18.3 Å². The summed E-state index contributed by atoms with van der Waals surface area (Å²) < 4.78 is 38.4. The number of benzene rings is 1. The van der Waals surface area contributed by atoms with Crippen LogP contribution >= 0.6 is 0 Å². The van der Waals surface area contributed by atoms with Crippen molar-refractivity contribution in [3.63, 3.8) is 0 Å². The van der Waals surface area contributed by atoms with Crippen LogP contribution in [0.3, 0.4) is 0 Å². The van der Waals surface area contributed by atoms with Crippen molar-refractivity contribution in [1.29, 1.82) is 0 Å². The Morgan fingerprint density at radius 2 is 1.83 bits per heavy atom. The summed E-state index contributed by atoms with van der Waals surface area (Å²) in [5, 5.41) is 6.40. The molecule has 8 heteroatoms. The number of rotatable bonds is 4. The quantitative estimate of drug-likeness (QED) is 0.932. The standard InChI is InChI=1S/C15H14F3N3O2/c1-21-13(22)7-6-12(20-21)14(23)19-9-8-10-2-4-11(5-3-10)15(16,17)18/h2-7H,8-9H2,1H3,(H,19,23). The lowest BCUT2D eigenvalue weighted by Crippen LogP contribution is -2.29. The van der Waals surface area contributed by atoms with E-state index in [1.807, 2.05) is 0 Å². The third kappa shape index (κ3) is 4.41. The van der Waals surface area contributed by atoms with Gasteiger partial charge in [0, 0.05) is 19.7 Å². The van der Waals surface area contributed by atoms with Crippen LogP contribution in [0, 0.1) is 0 Å². The number of carbonyl (C=O) groups is 1. The maximum absolute atomic E-state index is 12.4. The van der Waals surface area contributed by atoms with E-state index in [-0.39, 0.29) is 17.8 Å². The van der Waals surface area contributed by atoms with Crippen molar-refractivity contribution in [3.8, 4) is 0 Å². The van der Waals surface area contributed by atoms with E-state index in [0.29, 0.717) is 12.0 Å². The van der Waals surface area contributed by atoms with E-state index in [4.69, 9.17) is 0 Å². The minimum atomic E-state index is -4.36. The highest BCUT2D eigenvalue weighted by Gasteiger charge is 2.29. The number of nitrogens with one attached hydrogen (secondary N) is 1. The van der Waals surface area contributed by atoms with Crippen LogP contribution in [-0.2, 0) is 19.6 Å². The third-order valence-corrected chi connectivity index (χ3v) is 3.17. The summed E-state index contributed by atoms with van der Waals surface area (Å²) in [6, 6.07) is 7.31. The number of nitrogens with zero attached hydrogens (tertiary/aromatic N) is 2. The molecular weight excluding hydrogens is 311 g/mol. The first-order chi connectivity index (χ1) is 10.8. The van der Waals surface area contributed by atoms with Crippen LogP contribution in [0.15, 0.2) is 41.2 Å². The molecule has 2 rings (SSSR count). The molecule has 1 N–H and O–H groups in total. The van der Waals surface area contributed by atoms with Crippen LogP contribution in [-0.4, -0.2) is 22.2 Å². The van der Waals surface area contributed by atoms with E-state index in [1.165, 1.54) is 31.3 Å². The summed E-state index contributed by atoms with van der Waals surface area (Å²) in [6.45, 7) is 0.245. The molecule has 5 nitrogen and oxygen atoms in total. The number of halogens is 3. The fourth-order valence-corrected chi connectivity index (χ4v) is 1.89. The van der Waals surface area contributed by atoms with E-state index < -0.39 is 17.6 Å². The van der Waals surface area contributed by atoms with Crippen LogP contribution in [0.4, 0.5) is 13.2 Å². The van der Waals surface area contributed by atoms with Gasteiger partial charge in [0.25, 0.3) is 11.5 Å². The maximum atomic E-state index is 12.4. The molecule has 0 fully saturated rings. The largest absolute Gasteiger partial charge is 0.416 e. The number of hydrogen-bond acceptors (Lipinski definition) is 3. The summed E-state index contributed by atoms with van der Waals surface area (Å²) in [4.78, 5) is 23.0. The fourth-order valence-electron chi connectivity index (χ4n) is 1.89. The molecule has 0 radical (unpaired) electrons. The van der Waals surface area contributed by atoms with Gasteiger partial charge in [0.1, 0.15) is 5.69 Å². The van der Waals surface area contributed by atoms with Gasteiger partial charge in [-0.3, -0.25) is 9.59 Å². The number of carbonyl (C=O) groups excluding carboxylic acids is 1. The molecule has 2 aromatic rings. The average molecular weight is 325 g/mol. The molecule has 0 aliphatic rings. The molecule has 1 heterocycles. The lowest BCUT2D eigenvalue weighted by atomic mass is 10.1. The zero-order chi connectivity index (χ0) is 17.0. The molecule has 0 bridgehead atoms. The molecule has 1 aromatic carbocycles. The van der Waals surface area contributed by atoms with E-state index in [0.717, 1.165) is 16.8 Å². The minimum Gasteiger partial charge on any atom is -0.350 e. The zero-order valence-corrected chi connectivity index (χ0v) is 12.2. The SMILES string of the molecule is Cn1nc(C(=O)NCCc2ccc(C(F)(F)F)cc2)ccc1=O. The number of alkyl halides is 3. The first-order valence-corrected chi connectivity index (χ1v) is 6.76. The van der Waals surface area contributed by atoms with E-state index >= 15 is 0 Å². The van der Waals surface area contributed by atoms with Crippen molar-refractivity contribution in [1.82, 2.24) is 15.1 Å². The van der Waals surface area contributed by atoms with Gasteiger partial charge in [-0.15, -0.1) is 0 Å². The highest BCUT2D eigenvalue weighted by Crippen LogP contribution is 2.29. The normalized spacial score (nSPS) is 11.3. The van der Waals surface area contributed by atoms with Crippen LogP contribution in [0.1, 0.15) is 21.6 Å². The second kappa shape index (κ2) is 6.64. The molecule has 1 aromatic heterocycles. The van der Waals surface area contributed by atoms with Gasteiger partial charge in [0.2, 0.25) is 0 Å². The minimum absolute atomic E-state index is 0.0968. The lowest BCUT2D eigenvalue weighted by molar-refractivity contribution is -0.137. The van der Waals surface area contributed by atoms with Crippen molar-refractivity contribution in [3.05, 3.63) is 63.6 Å². The molecule has 122 valence electrons. The molecule has 0 atom stereocenters. The van der Waals surface area contributed by atoms with Gasteiger partial charge >= 0.3 is 6.18 Å². The average Bonchev–Trinajstić information content (AvgIpc) is 2.49. The number of aromatic nitrogens is 2. The Bertz CT molecular complexity index is 752. The number of amides is 1. The van der Waals surface area contributed by atoms with Gasteiger partial charge in [-0.25, -0.2) is 4.68 Å². The summed E-state index contributed by atoms with van der Waals surface area (Å²) in [5.74, 6) is -0.451. The lowest BCUT2D eigenvalue weighted by Gasteiger charge is -2.08. The summed E-state index contributed by atoms with van der Waals surface area (Å²) >= 11 is 0. The van der Waals surface area contributed by atoms with E-state index in [1.54, 1.807) is 0 Å². The second-order valence-electron chi connectivity index (χ2n) is 4.88. The maximum Gasteiger partial charge on any atom is 0.416 e. The van der Waals surface area contributed by atoms with Crippen molar-refractivity contribution in [2.45, 2.75) is 12.6 Å². The smallest absolute Gasteiger partial charge is 0.350 e. The Balaban J connectivity index is 1.90. The summed E-state index contributed by atoms with van der Waals surface area (Å²) in [5.41, 5.74) is -0.266. The van der Waals surface area contributed by atoms with Gasteiger partial charge in [0.05, 0.1) is 5.56 Å². The van der Waals surface area contributed by atoms with E-state index in [2.05, 4.69) is 10.4 Å². The predicted octanol–water partition coefficient (Wildman–Crippen LogP) is 1.77. The topological polar surface area (TPSA) is 64.0 Å². The summed E-state index contributed by atoms with van der Waals surface area (Å²) in [7, 11) is 1.43.